The molecule has 2 fully saturated rings. The second-order valence-electron chi connectivity index (χ2n) is 6.45. The van der Waals surface area contributed by atoms with E-state index in [4.69, 9.17) is 10.5 Å². The van der Waals surface area contributed by atoms with Crippen molar-refractivity contribution in [3.05, 3.63) is 0 Å². The number of ether oxygens (including phenoxy) is 1. The van der Waals surface area contributed by atoms with E-state index < -0.39 is 0 Å². The normalized spacial score (nSPS) is 30.5. The maximum absolute atomic E-state index is 11.8. The second kappa shape index (κ2) is 7.11. The molecule has 0 aromatic rings. The van der Waals surface area contributed by atoms with Crippen LogP contribution in [0, 0.1) is 5.92 Å². The lowest BCUT2D eigenvalue weighted by Crippen LogP contribution is -2.43. The minimum Gasteiger partial charge on any atom is -0.370 e. The minimum atomic E-state index is -0.309. The first-order valence-electron chi connectivity index (χ1n) is 7.89. The van der Waals surface area contributed by atoms with E-state index in [0.717, 1.165) is 25.9 Å². The molecule has 0 bridgehead atoms. The lowest BCUT2D eigenvalue weighted by atomic mass is 10.0. The third-order valence-electron chi connectivity index (χ3n) is 4.26. The number of carbonyl (C=O) groups is 1. The maximum atomic E-state index is 11.8. The van der Waals surface area contributed by atoms with Gasteiger partial charge in [-0.2, -0.15) is 0 Å². The van der Waals surface area contributed by atoms with Gasteiger partial charge in [0.2, 0.25) is 0 Å². The summed E-state index contributed by atoms with van der Waals surface area (Å²) < 4.78 is 5.77. The van der Waals surface area contributed by atoms with E-state index in [9.17, 15) is 4.79 Å². The molecule has 1 amide bonds. The number of nitrogens with two attached hydrogens (primary N) is 1. The number of likely N-dealkylation sites (N-methyl/N-ethyl adjacent to an activating group) is 1. The number of hydrogen-bond acceptors (Lipinski definition) is 3. The van der Waals surface area contributed by atoms with Crippen LogP contribution in [0.15, 0.2) is 4.99 Å². The Labute approximate surface area is 127 Å². The van der Waals surface area contributed by atoms with Crippen molar-refractivity contribution in [1.82, 2.24) is 9.80 Å². The Hall–Kier alpha value is -1.30. The zero-order chi connectivity index (χ0) is 15.4. The fourth-order valence-corrected chi connectivity index (χ4v) is 3.00. The highest BCUT2D eigenvalue weighted by Crippen LogP contribution is 2.21. The predicted molar refractivity (Wildman–Crippen MR) is 83.0 cm³/mol. The van der Waals surface area contributed by atoms with Gasteiger partial charge in [-0.05, 0) is 31.6 Å². The van der Waals surface area contributed by atoms with Crippen LogP contribution in [-0.2, 0) is 9.53 Å². The smallest absolute Gasteiger partial charge is 0.251 e. The second-order valence-corrected chi connectivity index (χ2v) is 6.45. The van der Waals surface area contributed by atoms with Gasteiger partial charge in [-0.3, -0.25) is 9.79 Å². The lowest BCUT2D eigenvalue weighted by Gasteiger charge is -2.31. The van der Waals surface area contributed by atoms with Crippen LogP contribution in [0.25, 0.3) is 0 Å². The summed E-state index contributed by atoms with van der Waals surface area (Å²) >= 11 is 0. The molecule has 0 aromatic carbocycles. The van der Waals surface area contributed by atoms with Crippen molar-refractivity contribution in [2.75, 3.05) is 33.7 Å². The number of nitrogens with zero attached hydrogens (tertiary/aromatic N) is 3. The van der Waals surface area contributed by atoms with Crippen LogP contribution >= 0.6 is 0 Å². The van der Waals surface area contributed by atoms with E-state index in [1.165, 1.54) is 12.8 Å². The zero-order valence-corrected chi connectivity index (χ0v) is 13.4. The van der Waals surface area contributed by atoms with Crippen LogP contribution in [-0.4, -0.2) is 67.6 Å². The number of carbonyl (C=O) groups excluding carboxylic acids is 1. The molecule has 2 saturated heterocycles. The summed E-state index contributed by atoms with van der Waals surface area (Å²) in [5.41, 5.74) is 6.08. The van der Waals surface area contributed by atoms with Gasteiger partial charge in [0.25, 0.3) is 5.91 Å². The molecule has 0 radical (unpaired) electrons. The van der Waals surface area contributed by atoms with E-state index >= 15 is 0 Å². The van der Waals surface area contributed by atoms with Gasteiger partial charge < -0.3 is 20.3 Å². The molecule has 2 aliphatic rings. The Morgan fingerprint density at radius 3 is 2.81 bits per heavy atom. The summed E-state index contributed by atoms with van der Waals surface area (Å²) in [6.07, 6.45) is 3.80. The molecule has 120 valence electrons. The Balaban J connectivity index is 1.80. The fraction of sp³-hybridized carbons (Fsp3) is 0.867. The largest absolute Gasteiger partial charge is 0.370 e. The molecular formula is C15H28N4O2. The number of rotatable bonds is 3. The summed E-state index contributed by atoms with van der Waals surface area (Å²) in [7, 11) is 3.51. The summed E-state index contributed by atoms with van der Waals surface area (Å²) in [4.78, 5) is 20.1. The molecule has 0 spiro atoms. The van der Waals surface area contributed by atoms with E-state index in [1.54, 1.807) is 19.0 Å². The molecule has 0 aliphatic carbocycles. The molecule has 2 aliphatic heterocycles. The SMILES string of the molecule is CC1CCCN(C(N)=NCC2CCC(C(=O)N(C)C)O2)C1. The fourth-order valence-electron chi connectivity index (χ4n) is 3.00. The molecule has 6 heteroatoms. The first kappa shape index (κ1) is 16.1. The molecule has 3 unspecified atom stereocenters. The van der Waals surface area contributed by atoms with Crippen molar-refractivity contribution in [2.24, 2.45) is 16.6 Å². The number of piperidine rings is 1. The van der Waals surface area contributed by atoms with Gasteiger partial charge in [-0.1, -0.05) is 6.92 Å². The topological polar surface area (TPSA) is 71.2 Å². The molecule has 6 nitrogen and oxygen atoms in total. The third-order valence-corrected chi connectivity index (χ3v) is 4.26. The first-order chi connectivity index (χ1) is 9.97. The van der Waals surface area contributed by atoms with Gasteiger partial charge in [0, 0.05) is 27.2 Å². The molecule has 0 saturated carbocycles. The van der Waals surface area contributed by atoms with Crippen LogP contribution in [0.4, 0.5) is 0 Å². The van der Waals surface area contributed by atoms with E-state index in [2.05, 4.69) is 16.8 Å². The summed E-state index contributed by atoms with van der Waals surface area (Å²) in [5.74, 6) is 1.34. The summed E-state index contributed by atoms with van der Waals surface area (Å²) in [6, 6.07) is 0. The van der Waals surface area contributed by atoms with Gasteiger partial charge in [0.05, 0.1) is 12.6 Å². The average Bonchev–Trinajstić information content (AvgIpc) is 2.92. The molecule has 21 heavy (non-hydrogen) atoms. The maximum Gasteiger partial charge on any atom is 0.251 e. The Morgan fingerprint density at radius 1 is 1.38 bits per heavy atom. The van der Waals surface area contributed by atoms with Crippen molar-refractivity contribution in [3.8, 4) is 0 Å². The van der Waals surface area contributed by atoms with Crippen molar-refractivity contribution in [3.63, 3.8) is 0 Å². The molecule has 2 N–H and O–H groups in total. The van der Waals surface area contributed by atoms with Crippen LogP contribution in [0.3, 0.4) is 0 Å². The first-order valence-corrected chi connectivity index (χ1v) is 7.89. The van der Waals surface area contributed by atoms with E-state index in [1.807, 2.05) is 0 Å². The van der Waals surface area contributed by atoms with Crippen molar-refractivity contribution in [1.29, 1.82) is 0 Å². The summed E-state index contributed by atoms with van der Waals surface area (Å²) in [5, 5.41) is 0. The van der Waals surface area contributed by atoms with Gasteiger partial charge in [0.15, 0.2) is 5.96 Å². The molecule has 2 rings (SSSR count). The average molecular weight is 296 g/mol. The van der Waals surface area contributed by atoms with Crippen LogP contribution in [0.1, 0.15) is 32.6 Å². The number of amides is 1. The Bertz CT molecular complexity index is 397. The van der Waals surface area contributed by atoms with Gasteiger partial charge in [-0.25, -0.2) is 0 Å². The Kier molecular flexibility index (Phi) is 5.45. The van der Waals surface area contributed by atoms with Gasteiger partial charge in [0.1, 0.15) is 6.10 Å². The predicted octanol–water partition coefficient (Wildman–Crippen LogP) is 0.669. The summed E-state index contributed by atoms with van der Waals surface area (Å²) in [6.45, 7) is 4.78. The molecular weight excluding hydrogens is 268 g/mol. The molecule has 2 heterocycles. The van der Waals surface area contributed by atoms with Gasteiger partial charge in [-0.15, -0.1) is 0 Å². The van der Waals surface area contributed by atoms with Crippen LogP contribution in [0.2, 0.25) is 0 Å². The van der Waals surface area contributed by atoms with E-state index in [-0.39, 0.29) is 18.1 Å². The lowest BCUT2D eigenvalue weighted by molar-refractivity contribution is -0.140. The quantitative estimate of drug-likeness (QED) is 0.614. The van der Waals surface area contributed by atoms with Crippen molar-refractivity contribution >= 4 is 11.9 Å². The molecule has 0 aromatic heterocycles. The standard InChI is InChI=1S/C15H28N4O2/c1-11-5-4-8-19(10-11)15(16)17-9-12-6-7-13(21-12)14(20)18(2)3/h11-13H,4-10H2,1-3H3,(H2,16,17). The number of likely N-dealkylation sites (tertiary alicyclic amines) is 1. The molecule has 3 atom stereocenters. The Morgan fingerprint density at radius 2 is 2.14 bits per heavy atom. The highest BCUT2D eigenvalue weighted by atomic mass is 16.5. The number of guanidine groups is 1. The highest BCUT2D eigenvalue weighted by Gasteiger charge is 2.31. The van der Waals surface area contributed by atoms with Crippen LogP contribution in [0.5, 0.6) is 0 Å². The van der Waals surface area contributed by atoms with Crippen molar-refractivity contribution < 1.29 is 9.53 Å². The van der Waals surface area contributed by atoms with Crippen molar-refractivity contribution in [2.45, 2.75) is 44.8 Å². The van der Waals surface area contributed by atoms with E-state index in [0.29, 0.717) is 18.4 Å². The number of aliphatic imine (C=N–C) groups is 1. The highest BCUT2D eigenvalue weighted by molar-refractivity contribution is 5.80. The van der Waals surface area contributed by atoms with Crippen LogP contribution < -0.4 is 5.73 Å². The minimum absolute atomic E-state index is 0.0136. The number of hydrogen-bond donors (Lipinski definition) is 1. The third kappa shape index (κ3) is 4.33. The van der Waals surface area contributed by atoms with Gasteiger partial charge >= 0.3 is 0 Å². The monoisotopic (exact) mass is 296 g/mol. The zero-order valence-electron chi connectivity index (χ0n) is 13.4.